The van der Waals surface area contributed by atoms with Crippen LogP contribution in [0, 0.1) is 11.7 Å². The molecule has 0 bridgehead atoms. The number of benzene rings is 1. The topological polar surface area (TPSA) is 35.2 Å². The number of hydrogen-bond acceptors (Lipinski definition) is 2. The minimum Gasteiger partial charge on any atom is -0.494 e. The van der Waals surface area contributed by atoms with Gasteiger partial charge in [-0.25, -0.2) is 4.39 Å². The highest BCUT2D eigenvalue weighted by atomic mass is 19.1. The van der Waals surface area contributed by atoms with Crippen LogP contribution in [0.2, 0.25) is 0 Å². The molecule has 1 saturated carbocycles. The molecule has 1 unspecified atom stereocenters. The first kappa shape index (κ1) is 10.4. The summed E-state index contributed by atoms with van der Waals surface area (Å²) in [5.74, 6) is 0.698. The molecule has 2 rings (SSSR count). The number of methoxy groups -OCH3 is 1. The van der Waals surface area contributed by atoms with Gasteiger partial charge in [-0.1, -0.05) is 18.9 Å². The second-order valence-corrected chi connectivity index (χ2v) is 4.18. The second-order valence-electron chi connectivity index (χ2n) is 4.18. The maximum absolute atomic E-state index is 13.4. The Morgan fingerprint density at radius 1 is 1.53 bits per heavy atom. The fraction of sp³-hybridized carbons (Fsp3) is 0.500. The van der Waals surface area contributed by atoms with E-state index in [0.717, 1.165) is 17.9 Å². The van der Waals surface area contributed by atoms with Gasteiger partial charge in [0.2, 0.25) is 0 Å². The average molecular weight is 209 g/mol. The van der Waals surface area contributed by atoms with Crippen molar-refractivity contribution < 1.29 is 9.13 Å². The van der Waals surface area contributed by atoms with E-state index < -0.39 is 0 Å². The third kappa shape index (κ3) is 2.48. The molecule has 1 aliphatic rings. The molecule has 0 amide bonds. The molecule has 1 aliphatic carbocycles. The van der Waals surface area contributed by atoms with Crippen molar-refractivity contribution in [3.63, 3.8) is 0 Å². The zero-order valence-corrected chi connectivity index (χ0v) is 8.87. The van der Waals surface area contributed by atoms with Gasteiger partial charge >= 0.3 is 0 Å². The minimum atomic E-state index is -0.332. The molecule has 1 fully saturated rings. The number of halogens is 1. The molecule has 3 heteroatoms. The largest absolute Gasteiger partial charge is 0.494 e. The lowest BCUT2D eigenvalue weighted by Gasteiger charge is -2.12. The van der Waals surface area contributed by atoms with Crippen LogP contribution in [0.25, 0.3) is 0 Å². The number of hydrogen-bond donors (Lipinski definition) is 1. The predicted molar refractivity (Wildman–Crippen MR) is 57.2 cm³/mol. The summed E-state index contributed by atoms with van der Waals surface area (Å²) < 4.78 is 18.2. The summed E-state index contributed by atoms with van der Waals surface area (Å²) in [6, 6.07) is 4.91. The molecule has 0 aliphatic heterocycles. The first-order chi connectivity index (χ1) is 7.20. The van der Waals surface area contributed by atoms with Crippen molar-refractivity contribution in [2.24, 2.45) is 11.7 Å². The van der Waals surface area contributed by atoms with Crippen molar-refractivity contribution in [1.82, 2.24) is 0 Å². The van der Waals surface area contributed by atoms with Crippen molar-refractivity contribution in [3.8, 4) is 5.75 Å². The standard InChI is InChI=1S/C12H16FNO/c1-15-12-5-4-9(7-10(12)13)11(14)6-8-2-3-8/h4-5,7-8,11H,2-3,6,14H2,1H3. The molecule has 2 nitrogen and oxygen atoms in total. The summed E-state index contributed by atoms with van der Waals surface area (Å²) >= 11 is 0. The zero-order valence-electron chi connectivity index (χ0n) is 8.87. The Kier molecular flexibility index (Phi) is 2.91. The van der Waals surface area contributed by atoms with Gasteiger partial charge in [-0.15, -0.1) is 0 Å². The molecule has 82 valence electrons. The summed E-state index contributed by atoms with van der Waals surface area (Å²) in [4.78, 5) is 0. The lowest BCUT2D eigenvalue weighted by Crippen LogP contribution is -2.11. The summed E-state index contributed by atoms with van der Waals surface area (Å²) in [5.41, 5.74) is 6.85. The van der Waals surface area contributed by atoms with Gasteiger partial charge in [0.05, 0.1) is 7.11 Å². The molecule has 0 spiro atoms. The Balaban J connectivity index is 2.09. The van der Waals surface area contributed by atoms with Crippen LogP contribution in [0.1, 0.15) is 30.9 Å². The van der Waals surface area contributed by atoms with E-state index in [0.29, 0.717) is 0 Å². The van der Waals surface area contributed by atoms with Crippen molar-refractivity contribution in [2.45, 2.75) is 25.3 Å². The Bertz CT molecular complexity index is 349. The summed E-state index contributed by atoms with van der Waals surface area (Å²) in [7, 11) is 1.46. The van der Waals surface area contributed by atoms with E-state index in [4.69, 9.17) is 10.5 Å². The van der Waals surface area contributed by atoms with Crippen LogP contribution in [-0.4, -0.2) is 7.11 Å². The van der Waals surface area contributed by atoms with E-state index in [1.54, 1.807) is 6.07 Å². The Labute approximate surface area is 89.2 Å². The van der Waals surface area contributed by atoms with Gasteiger partial charge in [0.25, 0.3) is 0 Å². The van der Waals surface area contributed by atoms with E-state index in [1.807, 2.05) is 6.07 Å². The molecule has 1 aromatic carbocycles. The molecule has 2 N–H and O–H groups in total. The lowest BCUT2D eigenvalue weighted by molar-refractivity contribution is 0.385. The highest BCUT2D eigenvalue weighted by Gasteiger charge is 2.24. The van der Waals surface area contributed by atoms with E-state index in [-0.39, 0.29) is 17.6 Å². The number of rotatable bonds is 4. The lowest BCUT2D eigenvalue weighted by atomic mass is 10.0. The normalized spacial score (nSPS) is 17.5. The zero-order chi connectivity index (χ0) is 10.8. The molecule has 0 heterocycles. The van der Waals surface area contributed by atoms with Gasteiger partial charge in [-0.05, 0) is 30.0 Å². The Hall–Kier alpha value is -1.09. The molecule has 0 radical (unpaired) electrons. The van der Waals surface area contributed by atoms with E-state index in [1.165, 1.54) is 26.0 Å². The molecule has 1 atom stereocenters. The first-order valence-electron chi connectivity index (χ1n) is 5.29. The maximum Gasteiger partial charge on any atom is 0.165 e. The van der Waals surface area contributed by atoms with Crippen LogP contribution in [0.15, 0.2) is 18.2 Å². The van der Waals surface area contributed by atoms with E-state index in [2.05, 4.69) is 0 Å². The fourth-order valence-corrected chi connectivity index (χ4v) is 1.76. The third-order valence-corrected chi connectivity index (χ3v) is 2.89. The van der Waals surface area contributed by atoms with Crippen molar-refractivity contribution in [2.75, 3.05) is 7.11 Å². The molecular weight excluding hydrogens is 193 g/mol. The van der Waals surface area contributed by atoms with Gasteiger partial charge in [0.1, 0.15) is 0 Å². The number of ether oxygens (including phenoxy) is 1. The maximum atomic E-state index is 13.4. The minimum absolute atomic E-state index is 0.0436. The molecular formula is C12H16FNO. The summed E-state index contributed by atoms with van der Waals surface area (Å²) in [6.07, 6.45) is 3.50. The predicted octanol–water partition coefficient (Wildman–Crippen LogP) is 2.63. The molecule has 0 aromatic heterocycles. The smallest absolute Gasteiger partial charge is 0.165 e. The Morgan fingerprint density at radius 2 is 2.27 bits per heavy atom. The second kappa shape index (κ2) is 4.19. The monoisotopic (exact) mass is 209 g/mol. The van der Waals surface area contributed by atoms with Gasteiger partial charge in [0, 0.05) is 6.04 Å². The van der Waals surface area contributed by atoms with Gasteiger partial charge in [-0.2, -0.15) is 0 Å². The van der Waals surface area contributed by atoms with Crippen molar-refractivity contribution in [3.05, 3.63) is 29.6 Å². The van der Waals surface area contributed by atoms with Gasteiger partial charge in [0.15, 0.2) is 11.6 Å². The SMILES string of the molecule is COc1ccc(C(N)CC2CC2)cc1F. The van der Waals surface area contributed by atoms with Crippen LogP contribution in [0.3, 0.4) is 0 Å². The Morgan fingerprint density at radius 3 is 2.80 bits per heavy atom. The highest BCUT2D eigenvalue weighted by Crippen LogP contribution is 2.37. The van der Waals surface area contributed by atoms with Crippen LogP contribution in [0.5, 0.6) is 5.75 Å². The first-order valence-corrected chi connectivity index (χ1v) is 5.29. The van der Waals surface area contributed by atoms with Gasteiger partial charge < -0.3 is 10.5 Å². The van der Waals surface area contributed by atoms with Gasteiger partial charge in [-0.3, -0.25) is 0 Å². The van der Waals surface area contributed by atoms with Crippen LogP contribution >= 0.6 is 0 Å². The van der Waals surface area contributed by atoms with Crippen molar-refractivity contribution >= 4 is 0 Å². The summed E-state index contributed by atoms with van der Waals surface area (Å²) in [5, 5.41) is 0. The molecule has 0 saturated heterocycles. The van der Waals surface area contributed by atoms with Crippen LogP contribution in [-0.2, 0) is 0 Å². The summed E-state index contributed by atoms with van der Waals surface area (Å²) in [6.45, 7) is 0. The quantitative estimate of drug-likeness (QED) is 0.827. The van der Waals surface area contributed by atoms with Crippen molar-refractivity contribution in [1.29, 1.82) is 0 Å². The average Bonchev–Trinajstić information content (AvgIpc) is 3.01. The number of nitrogens with two attached hydrogens (primary N) is 1. The fourth-order valence-electron chi connectivity index (χ4n) is 1.76. The highest BCUT2D eigenvalue weighted by molar-refractivity contribution is 5.30. The van der Waals surface area contributed by atoms with Crippen LogP contribution < -0.4 is 10.5 Å². The molecule has 15 heavy (non-hydrogen) atoms. The third-order valence-electron chi connectivity index (χ3n) is 2.89. The van der Waals surface area contributed by atoms with Crippen LogP contribution in [0.4, 0.5) is 4.39 Å². The molecule has 1 aromatic rings. The van der Waals surface area contributed by atoms with E-state index in [9.17, 15) is 4.39 Å². The van der Waals surface area contributed by atoms with E-state index >= 15 is 0 Å².